The molecule has 1 aromatic heterocycles. The minimum absolute atomic E-state index is 0.614. The lowest BCUT2D eigenvalue weighted by molar-refractivity contribution is 0.617. The average Bonchev–Trinajstić information content (AvgIpc) is 2.84. The summed E-state index contributed by atoms with van der Waals surface area (Å²) in [5.41, 5.74) is 4.69. The normalized spacial score (nSPS) is 10.9. The average molecular weight is 273 g/mol. The second-order valence-corrected chi connectivity index (χ2v) is 4.85. The molecule has 1 N–H and O–H groups in total. The fourth-order valence-corrected chi connectivity index (χ4v) is 2.19. The molecule has 1 heterocycles. The molecule has 0 bridgehead atoms. The highest BCUT2D eigenvalue weighted by molar-refractivity contribution is 6.30. The van der Waals surface area contributed by atoms with Crippen molar-refractivity contribution in [1.29, 1.82) is 0 Å². The molecule has 0 saturated carbocycles. The summed E-state index contributed by atoms with van der Waals surface area (Å²) in [6.45, 7) is 2.01. The van der Waals surface area contributed by atoms with E-state index in [4.69, 9.17) is 16.0 Å². The molecule has 4 heteroatoms. The van der Waals surface area contributed by atoms with Crippen LogP contribution in [-0.4, -0.2) is 12.0 Å². The molecule has 0 radical (unpaired) electrons. The molecule has 0 atom stereocenters. The highest BCUT2D eigenvalue weighted by atomic mass is 35.5. The van der Waals surface area contributed by atoms with Gasteiger partial charge in [-0.25, -0.2) is 4.98 Å². The van der Waals surface area contributed by atoms with E-state index < -0.39 is 0 Å². The fraction of sp³-hybridized carbons (Fsp3) is 0.133. The first-order valence-electron chi connectivity index (χ1n) is 6.02. The number of nitrogens with one attached hydrogen (secondary N) is 1. The van der Waals surface area contributed by atoms with Crippen LogP contribution in [0.15, 0.2) is 40.8 Å². The third-order valence-electron chi connectivity index (χ3n) is 3.06. The van der Waals surface area contributed by atoms with Gasteiger partial charge in [0.1, 0.15) is 5.52 Å². The summed E-state index contributed by atoms with van der Waals surface area (Å²) in [5, 5.41) is 3.82. The SMILES string of the molecule is CNc1cc(C)c2oc(-c3ccc(Cl)cc3)nc2c1. The molecule has 0 saturated heterocycles. The van der Waals surface area contributed by atoms with E-state index in [1.807, 2.05) is 50.4 Å². The maximum atomic E-state index is 5.88. The van der Waals surface area contributed by atoms with Crippen LogP contribution in [0.2, 0.25) is 5.02 Å². The molecule has 0 fully saturated rings. The van der Waals surface area contributed by atoms with Gasteiger partial charge in [0.25, 0.3) is 0 Å². The fourth-order valence-electron chi connectivity index (χ4n) is 2.06. The predicted molar refractivity (Wildman–Crippen MR) is 78.7 cm³/mol. The monoisotopic (exact) mass is 272 g/mol. The third-order valence-corrected chi connectivity index (χ3v) is 3.31. The molecule has 3 rings (SSSR count). The van der Waals surface area contributed by atoms with E-state index >= 15 is 0 Å². The van der Waals surface area contributed by atoms with Gasteiger partial charge in [-0.05, 0) is 48.9 Å². The van der Waals surface area contributed by atoms with E-state index in [2.05, 4.69) is 10.3 Å². The van der Waals surface area contributed by atoms with Crippen LogP contribution in [0.4, 0.5) is 5.69 Å². The van der Waals surface area contributed by atoms with Gasteiger partial charge in [0, 0.05) is 23.3 Å². The number of fused-ring (bicyclic) bond motifs is 1. The molecule has 3 aromatic rings. The van der Waals surface area contributed by atoms with Gasteiger partial charge in [-0.2, -0.15) is 0 Å². The summed E-state index contributed by atoms with van der Waals surface area (Å²) in [7, 11) is 1.89. The number of benzene rings is 2. The highest BCUT2D eigenvalue weighted by Crippen LogP contribution is 2.29. The van der Waals surface area contributed by atoms with Gasteiger partial charge in [-0.3, -0.25) is 0 Å². The molecule has 0 aliphatic carbocycles. The van der Waals surface area contributed by atoms with Gasteiger partial charge >= 0.3 is 0 Å². The van der Waals surface area contributed by atoms with Gasteiger partial charge in [0.15, 0.2) is 5.58 Å². The molecule has 2 aromatic carbocycles. The Balaban J connectivity index is 2.16. The van der Waals surface area contributed by atoms with Crippen molar-refractivity contribution < 1.29 is 4.42 Å². The van der Waals surface area contributed by atoms with E-state index in [1.165, 1.54) is 0 Å². The largest absolute Gasteiger partial charge is 0.436 e. The van der Waals surface area contributed by atoms with Crippen molar-refractivity contribution in [2.45, 2.75) is 6.92 Å². The van der Waals surface area contributed by atoms with E-state index in [1.54, 1.807) is 0 Å². The van der Waals surface area contributed by atoms with E-state index in [0.29, 0.717) is 10.9 Å². The molecule has 0 unspecified atom stereocenters. The van der Waals surface area contributed by atoms with Crippen molar-refractivity contribution in [3.63, 3.8) is 0 Å². The molecule has 19 heavy (non-hydrogen) atoms. The van der Waals surface area contributed by atoms with Crippen molar-refractivity contribution in [3.8, 4) is 11.5 Å². The summed E-state index contributed by atoms with van der Waals surface area (Å²) < 4.78 is 5.84. The van der Waals surface area contributed by atoms with Crippen molar-refractivity contribution >= 4 is 28.4 Å². The standard InChI is InChI=1S/C15H13ClN2O/c1-9-7-12(17-2)8-13-14(9)19-15(18-13)10-3-5-11(16)6-4-10/h3-8,17H,1-2H3. The lowest BCUT2D eigenvalue weighted by atomic mass is 10.2. The summed E-state index contributed by atoms with van der Waals surface area (Å²) >= 11 is 5.88. The molecule has 0 spiro atoms. The number of anilines is 1. The van der Waals surface area contributed by atoms with Crippen LogP contribution >= 0.6 is 11.6 Å². The van der Waals surface area contributed by atoms with E-state index in [-0.39, 0.29) is 0 Å². The van der Waals surface area contributed by atoms with Crippen LogP contribution in [0.3, 0.4) is 0 Å². The van der Waals surface area contributed by atoms with Gasteiger partial charge in [0.2, 0.25) is 5.89 Å². The molecule has 96 valence electrons. The molecule has 0 amide bonds. The van der Waals surface area contributed by atoms with E-state index in [9.17, 15) is 0 Å². The topological polar surface area (TPSA) is 38.1 Å². The summed E-state index contributed by atoms with van der Waals surface area (Å²) in [5.74, 6) is 0.614. The lowest BCUT2D eigenvalue weighted by Gasteiger charge is -2.00. The Morgan fingerprint density at radius 2 is 1.89 bits per heavy atom. The van der Waals surface area contributed by atoms with Crippen LogP contribution in [0.1, 0.15) is 5.56 Å². The van der Waals surface area contributed by atoms with Gasteiger partial charge < -0.3 is 9.73 Å². The quantitative estimate of drug-likeness (QED) is 0.746. The first-order chi connectivity index (χ1) is 9.17. The van der Waals surface area contributed by atoms with Gasteiger partial charge in [-0.1, -0.05) is 11.6 Å². The Kier molecular flexibility index (Phi) is 2.91. The van der Waals surface area contributed by atoms with Crippen LogP contribution in [0.25, 0.3) is 22.6 Å². The summed E-state index contributed by atoms with van der Waals surface area (Å²) in [6.07, 6.45) is 0. The van der Waals surface area contributed by atoms with Crippen LogP contribution in [-0.2, 0) is 0 Å². The molecular weight excluding hydrogens is 260 g/mol. The zero-order valence-corrected chi connectivity index (χ0v) is 11.5. The first-order valence-corrected chi connectivity index (χ1v) is 6.40. The van der Waals surface area contributed by atoms with Gasteiger partial charge in [-0.15, -0.1) is 0 Å². The predicted octanol–water partition coefficient (Wildman–Crippen LogP) is 4.50. The maximum absolute atomic E-state index is 5.88. The number of aryl methyl sites for hydroxylation is 1. The molecular formula is C15H13ClN2O. The number of halogens is 1. The Hall–Kier alpha value is -2.00. The minimum atomic E-state index is 0.614. The maximum Gasteiger partial charge on any atom is 0.227 e. The summed E-state index contributed by atoms with van der Waals surface area (Å²) in [6, 6.07) is 11.5. The second kappa shape index (κ2) is 4.59. The Morgan fingerprint density at radius 3 is 2.58 bits per heavy atom. The number of nitrogens with zero attached hydrogens (tertiary/aromatic N) is 1. The summed E-state index contributed by atoms with van der Waals surface area (Å²) in [4.78, 5) is 4.53. The Bertz CT molecular complexity index is 732. The van der Waals surface area contributed by atoms with Crippen molar-refractivity contribution in [2.75, 3.05) is 12.4 Å². The van der Waals surface area contributed by atoms with Crippen LogP contribution < -0.4 is 5.32 Å². The van der Waals surface area contributed by atoms with Gasteiger partial charge in [0.05, 0.1) is 0 Å². The number of oxazole rings is 1. The zero-order valence-electron chi connectivity index (χ0n) is 10.7. The molecule has 3 nitrogen and oxygen atoms in total. The van der Waals surface area contributed by atoms with E-state index in [0.717, 1.165) is 27.9 Å². The highest BCUT2D eigenvalue weighted by Gasteiger charge is 2.11. The number of hydrogen-bond acceptors (Lipinski definition) is 3. The molecule has 0 aliphatic rings. The number of rotatable bonds is 2. The van der Waals surface area contributed by atoms with Crippen molar-refractivity contribution in [1.82, 2.24) is 4.98 Å². The Labute approximate surface area is 116 Å². The Morgan fingerprint density at radius 1 is 1.16 bits per heavy atom. The zero-order chi connectivity index (χ0) is 13.4. The lowest BCUT2D eigenvalue weighted by Crippen LogP contribution is -1.88. The number of hydrogen-bond donors (Lipinski definition) is 1. The van der Waals surface area contributed by atoms with Crippen molar-refractivity contribution in [2.24, 2.45) is 0 Å². The second-order valence-electron chi connectivity index (χ2n) is 4.42. The van der Waals surface area contributed by atoms with Crippen molar-refractivity contribution in [3.05, 3.63) is 47.0 Å². The number of aromatic nitrogens is 1. The minimum Gasteiger partial charge on any atom is -0.436 e. The van der Waals surface area contributed by atoms with Crippen LogP contribution in [0.5, 0.6) is 0 Å². The first kappa shape index (κ1) is 12.1. The smallest absolute Gasteiger partial charge is 0.227 e. The van der Waals surface area contributed by atoms with Crippen LogP contribution in [0, 0.1) is 6.92 Å². The third kappa shape index (κ3) is 2.17. The molecule has 0 aliphatic heterocycles.